The molecule has 0 radical (unpaired) electrons. The van der Waals surface area contributed by atoms with E-state index < -0.39 is 0 Å². The van der Waals surface area contributed by atoms with Crippen molar-refractivity contribution in [2.45, 2.75) is 10.9 Å². The Morgan fingerprint density at radius 1 is 1.21 bits per heavy atom. The van der Waals surface area contributed by atoms with Crippen LogP contribution in [-0.2, 0) is 5.75 Å². The Morgan fingerprint density at radius 3 is 2.88 bits per heavy atom. The van der Waals surface area contributed by atoms with E-state index in [1.165, 1.54) is 28.6 Å². The van der Waals surface area contributed by atoms with Crippen molar-refractivity contribution in [3.8, 4) is 17.2 Å². The summed E-state index contributed by atoms with van der Waals surface area (Å²) in [5.41, 5.74) is 1.60. The van der Waals surface area contributed by atoms with Gasteiger partial charge in [0, 0.05) is 10.2 Å². The zero-order valence-corrected chi connectivity index (χ0v) is 14.6. The first-order valence-electron chi connectivity index (χ1n) is 6.96. The Balaban J connectivity index is 1.56. The summed E-state index contributed by atoms with van der Waals surface area (Å²) in [5, 5.41) is 12.2. The summed E-state index contributed by atoms with van der Waals surface area (Å²) in [4.78, 5) is 0. The van der Waals surface area contributed by atoms with Crippen LogP contribution < -0.4 is 9.47 Å². The number of halogens is 2. The van der Waals surface area contributed by atoms with Crippen LogP contribution in [-0.4, -0.2) is 27.0 Å². The first kappa shape index (κ1) is 15.4. The third-order valence-corrected chi connectivity index (χ3v) is 5.10. The van der Waals surface area contributed by atoms with E-state index in [-0.39, 0.29) is 12.6 Å². The lowest BCUT2D eigenvalue weighted by Crippen LogP contribution is -1.99. The van der Waals surface area contributed by atoms with E-state index in [9.17, 15) is 4.39 Å². The molecule has 24 heavy (non-hydrogen) atoms. The number of thioether (sulfide) groups is 1. The molecular weight excluding hydrogens is 399 g/mol. The molecule has 0 saturated carbocycles. The maximum Gasteiger partial charge on any atom is 0.231 e. The normalized spacial score (nSPS) is 12.6. The number of benzene rings is 2. The van der Waals surface area contributed by atoms with Gasteiger partial charge in [0.2, 0.25) is 11.9 Å². The maximum absolute atomic E-state index is 13.4. The van der Waals surface area contributed by atoms with Gasteiger partial charge in [-0.05, 0) is 46.3 Å². The minimum atomic E-state index is -0.336. The van der Waals surface area contributed by atoms with Crippen molar-refractivity contribution >= 4 is 27.7 Å². The van der Waals surface area contributed by atoms with Gasteiger partial charge in [-0.2, -0.15) is 4.68 Å². The topological polar surface area (TPSA) is 62.1 Å². The SMILES string of the molecule is Fc1cccc(-n2nnnc2SCc2cc3c(cc2Br)OCO3)c1. The summed E-state index contributed by atoms with van der Waals surface area (Å²) in [6.45, 7) is 0.232. The van der Waals surface area contributed by atoms with Crippen LogP contribution in [0.25, 0.3) is 5.69 Å². The summed E-state index contributed by atoms with van der Waals surface area (Å²) < 4.78 is 26.6. The van der Waals surface area contributed by atoms with Crippen LogP contribution in [0.1, 0.15) is 5.56 Å². The van der Waals surface area contributed by atoms with Crippen LogP contribution in [0.15, 0.2) is 46.0 Å². The summed E-state index contributed by atoms with van der Waals surface area (Å²) in [5.74, 6) is 1.73. The second kappa shape index (κ2) is 6.40. The van der Waals surface area contributed by atoms with Gasteiger partial charge in [0.15, 0.2) is 11.5 Å². The molecule has 6 nitrogen and oxygen atoms in total. The van der Waals surface area contributed by atoms with E-state index in [0.29, 0.717) is 16.6 Å². The average Bonchev–Trinajstić information content (AvgIpc) is 3.21. The van der Waals surface area contributed by atoms with Gasteiger partial charge in [0.05, 0.1) is 5.69 Å². The molecule has 4 rings (SSSR count). The van der Waals surface area contributed by atoms with Gasteiger partial charge in [-0.15, -0.1) is 5.10 Å². The average molecular weight is 409 g/mol. The Morgan fingerprint density at radius 2 is 2.04 bits per heavy atom. The Kier molecular flexibility index (Phi) is 4.11. The van der Waals surface area contributed by atoms with Gasteiger partial charge in [-0.1, -0.05) is 33.8 Å². The lowest BCUT2D eigenvalue weighted by Gasteiger charge is -2.07. The first-order valence-corrected chi connectivity index (χ1v) is 8.74. The fraction of sp³-hybridized carbons (Fsp3) is 0.133. The Labute approximate surface area is 149 Å². The molecule has 0 amide bonds. The summed E-state index contributed by atoms with van der Waals surface area (Å²) in [6, 6.07) is 9.94. The second-order valence-electron chi connectivity index (χ2n) is 4.94. The van der Waals surface area contributed by atoms with Gasteiger partial charge >= 0.3 is 0 Å². The summed E-state index contributed by atoms with van der Waals surface area (Å²) in [7, 11) is 0. The van der Waals surface area contributed by atoms with E-state index in [0.717, 1.165) is 21.5 Å². The molecule has 9 heteroatoms. The summed E-state index contributed by atoms with van der Waals surface area (Å²) in [6.07, 6.45) is 0. The molecular formula is C15H10BrFN4O2S. The van der Waals surface area contributed by atoms with Crippen molar-refractivity contribution in [2.75, 3.05) is 6.79 Å². The van der Waals surface area contributed by atoms with Crippen LogP contribution in [0, 0.1) is 5.82 Å². The van der Waals surface area contributed by atoms with E-state index in [1.54, 1.807) is 12.1 Å². The van der Waals surface area contributed by atoms with E-state index in [1.807, 2.05) is 12.1 Å². The molecule has 2 heterocycles. The molecule has 3 aromatic rings. The third kappa shape index (κ3) is 2.96. The zero-order chi connectivity index (χ0) is 16.5. The molecule has 0 aliphatic carbocycles. The van der Waals surface area contributed by atoms with Gasteiger partial charge in [0.25, 0.3) is 0 Å². The molecule has 0 saturated heterocycles. The highest BCUT2D eigenvalue weighted by molar-refractivity contribution is 9.10. The van der Waals surface area contributed by atoms with Crippen molar-refractivity contribution < 1.29 is 13.9 Å². The second-order valence-corrected chi connectivity index (χ2v) is 6.74. The number of ether oxygens (including phenoxy) is 2. The standard InChI is InChI=1S/C15H10BrFN4O2S/c16-12-6-14-13(22-8-23-14)4-9(12)7-24-15-18-19-20-21(15)11-3-1-2-10(17)5-11/h1-6H,7-8H2. The monoisotopic (exact) mass is 408 g/mol. The molecule has 0 unspecified atom stereocenters. The molecule has 1 aliphatic rings. The van der Waals surface area contributed by atoms with Gasteiger partial charge in [0.1, 0.15) is 5.82 Å². The Bertz CT molecular complexity index is 905. The largest absolute Gasteiger partial charge is 0.454 e. The lowest BCUT2D eigenvalue weighted by molar-refractivity contribution is 0.174. The van der Waals surface area contributed by atoms with Gasteiger partial charge in [-0.25, -0.2) is 4.39 Å². The van der Waals surface area contributed by atoms with Crippen LogP contribution in [0.4, 0.5) is 4.39 Å². The van der Waals surface area contributed by atoms with E-state index >= 15 is 0 Å². The van der Waals surface area contributed by atoms with Crippen LogP contribution in [0.5, 0.6) is 11.5 Å². The lowest BCUT2D eigenvalue weighted by atomic mass is 10.2. The highest BCUT2D eigenvalue weighted by atomic mass is 79.9. The predicted octanol–water partition coefficient (Wildman–Crippen LogP) is 3.58. The van der Waals surface area contributed by atoms with Crippen molar-refractivity contribution in [1.82, 2.24) is 20.2 Å². The predicted molar refractivity (Wildman–Crippen MR) is 88.9 cm³/mol. The molecule has 0 fully saturated rings. The fourth-order valence-corrected chi connectivity index (χ4v) is 3.78. The molecule has 1 aliphatic heterocycles. The zero-order valence-electron chi connectivity index (χ0n) is 12.1. The maximum atomic E-state index is 13.4. The minimum absolute atomic E-state index is 0.232. The van der Waals surface area contributed by atoms with Crippen LogP contribution in [0.2, 0.25) is 0 Å². The molecule has 2 aromatic carbocycles. The van der Waals surface area contributed by atoms with Crippen molar-refractivity contribution in [3.05, 3.63) is 52.3 Å². The van der Waals surface area contributed by atoms with Crippen LogP contribution >= 0.6 is 27.7 Å². The number of nitrogens with zero attached hydrogens (tertiary/aromatic N) is 4. The highest BCUT2D eigenvalue weighted by Gasteiger charge is 2.17. The van der Waals surface area contributed by atoms with E-state index in [2.05, 4.69) is 31.5 Å². The first-order chi connectivity index (χ1) is 11.7. The van der Waals surface area contributed by atoms with Crippen LogP contribution in [0.3, 0.4) is 0 Å². The number of aromatic nitrogens is 4. The van der Waals surface area contributed by atoms with Crippen molar-refractivity contribution in [2.24, 2.45) is 0 Å². The number of hydrogen-bond acceptors (Lipinski definition) is 6. The van der Waals surface area contributed by atoms with Crippen molar-refractivity contribution in [3.63, 3.8) is 0 Å². The molecule has 1 aromatic heterocycles. The van der Waals surface area contributed by atoms with Gasteiger partial charge in [-0.3, -0.25) is 0 Å². The van der Waals surface area contributed by atoms with Gasteiger partial charge < -0.3 is 9.47 Å². The number of tetrazole rings is 1. The number of rotatable bonds is 4. The number of fused-ring (bicyclic) bond motifs is 1. The summed E-state index contributed by atoms with van der Waals surface area (Å²) >= 11 is 4.98. The van der Waals surface area contributed by atoms with E-state index in [4.69, 9.17) is 9.47 Å². The smallest absolute Gasteiger partial charge is 0.231 e. The third-order valence-electron chi connectivity index (χ3n) is 3.39. The minimum Gasteiger partial charge on any atom is -0.454 e. The quantitative estimate of drug-likeness (QED) is 0.614. The molecule has 122 valence electrons. The highest BCUT2D eigenvalue weighted by Crippen LogP contribution is 2.38. The number of hydrogen-bond donors (Lipinski definition) is 0. The molecule has 0 N–H and O–H groups in total. The molecule has 0 bridgehead atoms. The molecule has 0 spiro atoms. The van der Waals surface area contributed by atoms with Crippen molar-refractivity contribution in [1.29, 1.82) is 0 Å². The fourth-order valence-electron chi connectivity index (χ4n) is 2.25. The Hall–Kier alpha value is -2.13. The molecule has 0 atom stereocenters.